The molecule has 0 bridgehead atoms. The lowest BCUT2D eigenvalue weighted by molar-refractivity contribution is 0.0665. The van der Waals surface area contributed by atoms with Crippen LogP contribution in [0.15, 0.2) is 77.3 Å². The van der Waals surface area contributed by atoms with Gasteiger partial charge >= 0.3 is 5.97 Å². The summed E-state index contributed by atoms with van der Waals surface area (Å²) in [6.07, 6.45) is 1.56. The second kappa shape index (κ2) is 5.66. The van der Waals surface area contributed by atoms with E-state index < -0.39 is 5.97 Å². The van der Waals surface area contributed by atoms with E-state index in [2.05, 4.69) is 29.2 Å². The van der Waals surface area contributed by atoms with E-state index in [0.29, 0.717) is 5.58 Å². The minimum atomic E-state index is -1.08. The molecule has 0 radical (unpaired) electrons. The summed E-state index contributed by atoms with van der Waals surface area (Å²) < 4.78 is 5.24. The zero-order valence-electron chi connectivity index (χ0n) is 12.6. The van der Waals surface area contributed by atoms with Crippen LogP contribution < -0.4 is 0 Å². The van der Waals surface area contributed by atoms with Crippen LogP contribution >= 0.6 is 0 Å². The first kappa shape index (κ1) is 14.2. The number of hydrogen-bond acceptors (Lipinski definition) is 3. The van der Waals surface area contributed by atoms with Gasteiger partial charge in [0, 0.05) is 10.9 Å². The number of carboxylic acid groups (broad SMARTS) is 1. The van der Waals surface area contributed by atoms with Crippen LogP contribution in [0, 0.1) is 0 Å². The van der Waals surface area contributed by atoms with Crippen molar-refractivity contribution in [3.63, 3.8) is 0 Å². The van der Waals surface area contributed by atoms with Gasteiger partial charge in [-0.3, -0.25) is 4.98 Å². The zero-order valence-corrected chi connectivity index (χ0v) is 12.6. The molecular formula is C20H13NO3. The van der Waals surface area contributed by atoms with Gasteiger partial charge in [0.2, 0.25) is 5.76 Å². The summed E-state index contributed by atoms with van der Waals surface area (Å²) in [6, 6.07) is 21.6. The fourth-order valence-electron chi connectivity index (χ4n) is 2.67. The van der Waals surface area contributed by atoms with Crippen molar-refractivity contribution >= 4 is 16.9 Å². The van der Waals surface area contributed by atoms with Crippen molar-refractivity contribution in [2.24, 2.45) is 0 Å². The molecule has 1 N–H and O–H groups in total. The molecule has 2 aromatic heterocycles. The van der Waals surface area contributed by atoms with Crippen molar-refractivity contribution in [3.05, 3.63) is 78.7 Å². The Bertz CT molecular complexity index is 1020. The molecule has 2 heterocycles. The van der Waals surface area contributed by atoms with E-state index >= 15 is 0 Å². The predicted octanol–water partition coefficient (Wildman–Crippen LogP) is 4.86. The molecule has 0 aliphatic carbocycles. The third kappa shape index (κ3) is 2.54. The van der Waals surface area contributed by atoms with Crippen LogP contribution in [0.2, 0.25) is 0 Å². The van der Waals surface area contributed by atoms with E-state index in [1.807, 2.05) is 36.4 Å². The molecule has 0 atom stereocenters. The van der Waals surface area contributed by atoms with Gasteiger partial charge < -0.3 is 9.52 Å². The van der Waals surface area contributed by atoms with E-state index in [1.54, 1.807) is 6.20 Å². The van der Waals surface area contributed by atoms with Gasteiger partial charge in [-0.15, -0.1) is 0 Å². The SMILES string of the molecule is O=C(O)c1cc2cc(-c3ccc(-c4ccccc4)cc3)ncc2o1. The average molecular weight is 315 g/mol. The summed E-state index contributed by atoms with van der Waals surface area (Å²) >= 11 is 0. The first-order valence-electron chi connectivity index (χ1n) is 7.49. The number of aromatic nitrogens is 1. The lowest BCUT2D eigenvalue weighted by atomic mass is 10.0. The van der Waals surface area contributed by atoms with Gasteiger partial charge in [0.25, 0.3) is 0 Å². The Balaban J connectivity index is 1.70. The molecule has 0 unspecified atom stereocenters. The molecule has 0 spiro atoms. The molecule has 0 saturated carbocycles. The van der Waals surface area contributed by atoms with E-state index in [4.69, 9.17) is 9.52 Å². The second-order valence-electron chi connectivity index (χ2n) is 5.47. The molecule has 0 fully saturated rings. The van der Waals surface area contributed by atoms with Crippen molar-refractivity contribution in [1.29, 1.82) is 0 Å². The predicted molar refractivity (Wildman–Crippen MR) is 91.8 cm³/mol. The number of carboxylic acids is 1. The van der Waals surface area contributed by atoms with E-state index in [1.165, 1.54) is 6.07 Å². The average Bonchev–Trinajstić information content (AvgIpc) is 3.06. The Kier molecular flexibility index (Phi) is 3.35. The standard InChI is InChI=1S/C20H13NO3/c22-20(23)18-11-16-10-17(21-12-19(16)24-18)15-8-6-14(7-9-15)13-4-2-1-3-5-13/h1-12H,(H,22,23). The summed E-state index contributed by atoms with van der Waals surface area (Å²) in [5, 5.41) is 9.72. The van der Waals surface area contributed by atoms with Crippen LogP contribution in [0.5, 0.6) is 0 Å². The summed E-state index contributed by atoms with van der Waals surface area (Å²) in [5.74, 6) is -1.16. The molecule has 4 rings (SSSR count). The monoisotopic (exact) mass is 315 g/mol. The minimum absolute atomic E-state index is 0.0802. The maximum atomic E-state index is 11.0. The van der Waals surface area contributed by atoms with Crippen LogP contribution in [0.1, 0.15) is 10.6 Å². The zero-order chi connectivity index (χ0) is 16.5. The number of nitrogens with zero attached hydrogens (tertiary/aromatic N) is 1. The highest BCUT2D eigenvalue weighted by Crippen LogP contribution is 2.27. The van der Waals surface area contributed by atoms with Crippen LogP contribution in [0.4, 0.5) is 0 Å². The molecule has 0 aliphatic heterocycles. The fourth-order valence-corrected chi connectivity index (χ4v) is 2.67. The number of rotatable bonds is 3. The molecule has 24 heavy (non-hydrogen) atoms. The van der Waals surface area contributed by atoms with Crippen LogP contribution in [0.3, 0.4) is 0 Å². The smallest absolute Gasteiger partial charge is 0.371 e. The van der Waals surface area contributed by atoms with E-state index in [-0.39, 0.29) is 5.76 Å². The Morgan fingerprint density at radius 2 is 1.54 bits per heavy atom. The highest BCUT2D eigenvalue weighted by Gasteiger charge is 2.11. The highest BCUT2D eigenvalue weighted by atomic mass is 16.4. The van der Waals surface area contributed by atoms with Gasteiger partial charge in [-0.25, -0.2) is 4.79 Å². The Hall–Kier alpha value is -3.40. The van der Waals surface area contributed by atoms with E-state index in [9.17, 15) is 4.79 Å². The summed E-state index contributed by atoms with van der Waals surface area (Å²) in [4.78, 5) is 15.3. The minimum Gasteiger partial charge on any atom is -0.475 e. The number of aromatic carboxylic acids is 1. The maximum Gasteiger partial charge on any atom is 0.371 e. The van der Waals surface area contributed by atoms with Crippen molar-refractivity contribution in [2.45, 2.75) is 0 Å². The van der Waals surface area contributed by atoms with Crippen LogP contribution in [0.25, 0.3) is 33.4 Å². The normalized spacial score (nSPS) is 10.8. The number of benzene rings is 2. The van der Waals surface area contributed by atoms with Crippen molar-refractivity contribution in [1.82, 2.24) is 4.98 Å². The Labute approximate surface area is 138 Å². The lowest BCUT2D eigenvalue weighted by Crippen LogP contribution is -1.91. The fraction of sp³-hybridized carbons (Fsp3) is 0. The number of hydrogen-bond donors (Lipinski definition) is 1. The van der Waals surface area contributed by atoms with Gasteiger partial charge in [0.1, 0.15) is 0 Å². The second-order valence-corrected chi connectivity index (χ2v) is 5.47. The number of carbonyl (C=O) groups is 1. The number of fused-ring (bicyclic) bond motifs is 1. The molecule has 0 amide bonds. The molecule has 4 heteroatoms. The number of pyridine rings is 1. The van der Waals surface area contributed by atoms with Gasteiger partial charge in [0.05, 0.1) is 11.9 Å². The Morgan fingerprint density at radius 1 is 0.875 bits per heavy atom. The van der Waals surface area contributed by atoms with Gasteiger partial charge in [-0.05, 0) is 23.3 Å². The highest BCUT2D eigenvalue weighted by molar-refractivity contribution is 5.92. The summed E-state index contributed by atoms with van der Waals surface area (Å²) in [5.41, 5.74) is 4.51. The number of furan rings is 1. The quantitative estimate of drug-likeness (QED) is 0.586. The molecule has 116 valence electrons. The maximum absolute atomic E-state index is 11.0. The van der Waals surface area contributed by atoms with Crippen molar-refractivity contribution in [3.8, 4) is 22.4 Å². The Morgan fingerprint density at radius 3 is 2.25 bits per heavy atom. The molecule has 4 aromatic rings. The molecule has 2 aromatic carbocycles. The largest absolute Gasteiger partial charge is 0.475 e. The molecular weight excluding hydrogens is 302 g/mol. The van der Waals surface area contributed by atoms with Gasteiger partial charge in [-0.1, -0.05) is 54.6 Å². The summed E-state index contributed by atoms with van der Waals surface area (Å²) in [7, 11) is 0. The van der Waals surface area contributed by atoms with Crippen LogP contribution in [-0.2, 0) is 0 Å². The summed E-state index contributed by atoms with van der Waals surface area (Å²) in [6.45, 7) is 0. The van der Waals surface area contributed by atoms with Crippen LogP contribution in [-0.4, -0.2) is 16.1 Å². The third-order valence-electron chi connectivity index (χ3n) is 3.90. The molecule has 0 saturated heterocycles. The third-order valence-corrected chi connectivity index (χ3v) is 3.90. The van der Waals surface area contributed by atoms with Gasteiger partial charge in [0.15, 0.2) is 5.58 Å². The van der Waals surface area contributed by atoms with Crippen molar-refractivity contribution in [2.75, 3.05) is 0 Å². The molecule has 0 aliphatic rings. The van der Waals surface area contributed by atoms with Crippen molar-refractivity contribution < 1.29 is 14.3 Å². The van der Waals surface area contributed by atoms with E-state index in [0.717, 1.165) is 27.8 Å². The first-order valence-corrected chi connectivity index (χ1v) is 7.49. The topological polar surface area (TPSA) is 63.3 Å². The van der Waals surface area contributed by atoms with Gasteiger partial charge in [-0.2, -0.15) is 0 Å². The molecule has 4 nitrogen and oxygen atoms in total. The first-order chi connectivity index (χ1) is 11.7. The lowest BCUT2D eigenvalue weighted by Gasteiger charge is -2.04.